The summed E-state index contributed by atoms with van der Waals surface area (Å²) in [7, 11) is 1.63. The normalized spacial score (nSPS) is 10.5. The minimum Gasteiger partial charge on any atom is -0.497 e. The van der Waals surface area contributed by atoms with Gasteiger partial charge in [-0.2, -0.15) is 5.10 Å². The molecule has 0 saturated heterocycles. The van der Waals surface area contributed by atoms with Crippen molar-refractivity contribution in [3.63, 3.8) is 0 Å². The number of nitrogen functional groups attached to an aromatic ring is 1. The molecule has 0 saturated carbocycles. The van der Waals surface area contributed by atoms with Crippen LogP contribution in [-0.2, 0) is 12.8 Å². The molecule has 0 aliphatic heterocycles. The molecule has 1 aromatic carbocycles. The molecule has 4 nitrogen and oxygen atoms in total. The lowest BCUT2D eigenvalue weighted by Gasteiger charge is -2.05. The minimum absolute atomic E-state index is 0.517. The van der Waals surface area contributed by atoms with Crippen LogP contribution >= 0.6 is 11.6 Å². The number of halogens is 1. The van der Waals surface area contributed by atoms with Crippen LogP contribution in [0, 0.1) is 0 Å². The summed E-state index contributed by atoms with van der Waals surface area (Å²) in [4.78, 5) is 0. The van der Waals surface area contributed by atoms with Crippen LogP contribution in [0.4, 0.5) is 5.82 Å². The summed E-state index contributed by atoms with van der Waals surface area (Å²) in [6.07, 6.45) is 1.70. The van der Waals surface area contributed by atoms with Gasteiger partial charge in [0, 0.05) is 16.8 Å². The first-order chi connectivity index (χ1) is 8.17. The second kappa shape index (κ2) is 5.10. The SMILES string of the molecule is COc1cc(Cl)cc(CCc2cc(N)n[nH]2)c1. The van der Waals surface area contributed by atoms with Crippen molar-refractivity contribution >= 4 is 17.4 Å². The highest BCUT2D eigenvalue weighted by Crippen LogP contribution is 2.21. The number of hydrogen-bond acceptors (Lipinski definition) is 3. The zero-order valence-corrected chi connectivity index (χ0v) is 10.3. The predicted molar refractivity (Wildman–Crippen MR) is 68.4 cm³/mol. The molecule has 3 N–H and O–H groups in total. The van der Waals surface area contributed by atoms with Gasteiger partial charge >= 0.3 is 0 Å². The first-order valence-electron chi connectivity index (χ1n) is 5.30. The molecule has 0 bridgehead atoms. The standard InChI is InChI=1S/C12H14ClN3O/c1-17-11-5-8(4-9(13)6-11)2-3-10-7-12(14)16-15-10/h4-7H,2-3H2,1H3,(H3,14,15,16). The van der Waals surface area contributed by atoms with Crippen molar-refractivity contribution in [3.8, 4) is 5.75 Å². The van der Waals surface area contributed by atoms with Crippen LogP contribution in [0.25, 0.3) is 0 Å². The second-order valence-electron chi connectivity index (χ2n) is 3.82. The predicted octanol–water partition coefficient (Wildman–Crippen LogP) is 2.44. The first-order valence-corrected chi connectivity index (χ1v) is 5.68. The average Bonchev–Trinajstić information content (AvgIpc) is 2.72. The fourth-order valence-electron chi connectivity index (χ4n) is 1.67. The summed E-state index contributed by atoms with van der Waals surface area (Å²) in [6.45, 7) is 0. The molecule has 0 spiro atoms. The van der Waals surface area contributed by atoms with E-state index in [1.807, 2.05) is 18.2 Å². The lowest BCUT2D eigenvalue weighted by molar-refractivity contribution is 0.414. The van der Waals surface area contributed by atoms with Gasteiger partial charge in [-0.05, 0) is 36.6 Å². The Morgan fingerprint density at radius 2 is 2.12 bits per heavy atom. The Balaban J connectivity index is 2.05. The number of benzene rings is 1. The van der Waals surface area contributed by atoms with E-state index >= 15 is 0 Å². The Morgan fingerprint density at radius 1 is 1.29 bits per heavy atom. The molecular formula is C12H14ClN3O. The van der Waals surface area contributed by atoms with E-state index in [-0.39, 0.29) is 0 Å². The number of nitrogens with two attached hydrogens (primary N) is 1. The monoisotopic (exact) mass is 251 g/mol. The molecule has 0 radical (unpaired) electrons. The van der Waals surface area contributed by atoms with Gasteiger partial charge in [0.15, 0.2) is 0 Å². The average molecular weight is 252 g/mol. The van der Waals surface area contributed by atoms with E-state index in [9.17, 15) is 0 Å². The maximum absolute atomic E-state index is 5.99. The van der Waals surface area contributed by atoms with E-state index in [1.54, 1.807) is 13.2 Å². The summed E-state index contributed by atoms with van der Waals surface area (Å²) in [5.74, 6) is 1.29. The Morgan fingerprint density at radius 3 is 2.76 bits per heavy atom. The highest BCUT2D eigenvalue weighted by Gasteiger charge is 2.02. The fourth-order valence-corrected chi connectivity index (χ4v) is 1.92. The number of nitrogens with zero attached hydrogens (tertiary/aromatic N) is 1. The van der Waals surface area contributed by atoms with Crippen LogP contribution < -0.4 is 10.5 Å². The summed E-state index contributed by atoms with van der Waals surface area (Å²) in [5, 5.41) is 7.45. The molecule has 0 aliphatic carbocycles. The number of aryl methyl sites for hydroxylation is 2. The lowest BCUT2D eigenvalue weighted by atomic mass is 10.1. The number of ether oxygens (including phenoxy) is 1. The zero-order chi connectivity index (χ0) is 12.3. The molecule has 0 fully saturated rings. The van der Waals surface area contributed by atoms with Gasteiger partial charge in [0.1, 0.15) is 11.6 Å². The number of aromatic amines is 1. The van der Waals surface area contributed by atoms with Crippen molar-refractivity contribution in [3.05, 3.63) is 40.5 Å². The summed E-state index contributed by atoms with van der Waals surface area (Å²) in [5.41, 5.74) is 7.68. The number of methoxy groups -OCH3 is 1. The molecule has 0 amide bonds. The van der Waals surface area contributed by atoms with Gasteiger partial charge in [-0.3, -0.25) is 5.10 Å². The lowest BCUT2D eigenvalue weighted by Crippen LogP contribution is -1.93. The van der Waals surface area contributed by atoms with Crippen molar-refractivity contribution in [2.45, 2.75) is 12.8 Å². The highest BCUT2D eigenvalue weighted by atomic mass is 35.5. The topological polar surface area (TPSA) is 63.9 Å². The number of aromatic nitrogens is 2. The molecule has 5 heteroatoms. The molecule has 0 aliphatic rings. The minimum atomic E-state index is 0.517. The molecular weight excluding hydrogens is 238 g/mol. The number of anilines is 1. The van der Waals surface area contributed by atoms with Gasteiger partial charge in [0.05, 0.1) is 7.11 Å². The highest BCUT2D eigenvalue weighted by molar-refractivity contribution is 6.30. The summed E-state index contributed by atoms with van der Waals surface area (Å²) in [6, 6.07) is 7.54. The molecule has 1 heterocycles. The van der Waals surface area contributed by atoms with Crippen molar-refractivity contribution in [2.75, 3.05) is 12.8 Å². The number of H-pyrrole nitrogens is 1. The van der Waals surface area contributed by atoms with E-state index in [4.69, 9.17) is 22.1 Å². The van der Waals surface area contributed by atoms with E-state index in [0.29, 0.717) is 10.8 Å². The third-order valence-electron chi connectivity index (χ3n) is 2.50. The van der Waals surface area contributed by atoms with E-state index in [1.165, 1.54) is 0 Å². The third-order valence-corrected chi connectivity index (χ3v) is 2.72. The quantitative estimate of drug-likeness (QED) is 0.877. The van der Waals surface area contributed by atoms with Gasteiger partial charge in [-0.15, -0.1) is 0 Å². The molecule has 0 atom stereocenters. The van der Waals surface area contributed by atoms with Crippen LogP contribution in [0.15, 0.2) is 24.3 Å². The number of hydrogen-bond donors (Lipinski definition) is 2. The van der Waals surface area contributed by atoms with Crippen molar-refractivity contribution < 1.29 is 4.74 Å². The van der Waals surface area contributed by atoms with Crippen LogP contribution in [0.5, 0.6) is 5.75 Å². The molecule has 2 rings (SSSR count). The molecule has 1 aromatic heterocycles. The largest absolute Gasteiger partial charge is 0.497 e. The van der Waals surface area contributed by atoms with Gasteiger partial charge in [0.2, 0.25) is 0 Å². The Hall–Kier alpha value is -1.68. The molecule has 2 aromatic rings. The van der Waals surface area contributed by atoms with Gasteiger partial charge in [-0.25, -0.2) is 0 Å². The Kier molecular flexibility index (Phi) is 3.54. The summed E-state index contributed by atoms with van der Waals surface area (Å²) >= 11 is 5.99. The van der Waals surface area contributed by atoms with Crippen LogP contribution in [0.2, 0.25) is 5.02 Å². The smallest absolute Gasteiger partial charge is 0.145 e. The third kappa shape index (κ3) is 3.14. The molecule has 90 valence electrons. The second-order valence-corrected chi connectivity index (χ2v) is 4.25. The van der Waals surface area contributed by atoms with E-state index in [0.717, 1.165) is 29.8 Å². The Labute approximate surface area is 105 Å². The number of rotatable bonds is 4. The van der Waals surface area contributed by atoms with Gasteiger partial charge in [0.25, 0.3) is 0 Å². The summed E-state index contributed by atoms with van der Waals surface area (Å²) < 4.78 is 5.17. The van der Waals surface area contributed by atoms with E-state index in [2.05, 4.69) is 10.2 Å². The first kappa shape index (κ1) is 11.8. The Bertz CT molecular complexity index is 510. The maximum atomic E-state index is 5.99. The van der Waals surface area contributed by atoms with Gasteiger partial charge < -0.3 is 10.5 Å². The maximum Gasteiger partial charge on any atom is 0.145 e. The van der Waals surface area contributed by atoms with Crippen molar-refractivity contribution in [2.24, 2.45) is 0 Å². The molecule has 0 unspecified atom stereocenters. The van der Waals surface area contributed by atoms with Gasteiger partial charge in [-0.1, -0.05) is 11.6 Å². The van der Waals surface area contributed by atoms with Crippen molar-refractivity contribution in [1.29, 1.82) is 0 Å². The van der Waals surface area contributed by atoms with E-state index < -0.39 is 0 Å². The van der Waals surface area contributed by atoms with Crippen LogP contribution in [-0.4, -0.2) is 17.3 Å². The van der Waals surface area contributed by atoms with Crippen molar-refractivity contribution in [1.82, 2.24) is 10.2 Å². The molecule has 17 heavy (non-hydrogen) atoms. The van der Waals surface area contributed by atoms with Crippen LogP contribution in [0.1, 0.15) is 11.3 Å². The van der Waals surface area contributed by atoms with Crippen LogP contribution in [0.3, 0.4) is 0 Å². The number of nitrogens with one attached hydrogen (secondary N) is 1. The zero-order valence-electron chi connectivity index (χ0n) is 9.53. The fraction of sp³-hybridized carbons (Fsp3) is 0.250.